The largest absolute Gasteiger partial charge is 0.309 e. The normalized spacial score (nSPS) is 12.3. The summed E-state index contributed by atoms with van der Waals surface area (Å²) in [6.45, 7) is 0. The highest BCUT2D eigenvalue weighted by Gasteiger charge is 2.23. The fraction of sp³-hybridized carbons (Fsp3) is 0. The number of hydrogen-bond acceptors (Lipinski definition) is 2. The van der Waals surface area contributed by atoms with E-state index in [9.17, 15) is 0 Å². The van der Waals surface area contributed by atoms with Crippen molar-refractivity contribution in [3.8, 4) is 28.2 Å². The minimum absolute atomic E-state index is 0.874. The van der Waals surface area contributed by atoms with Crippen molar-refractivity contribution in [2.45, 2.75) is 0 Å². The van der Waals surface area contributed by atoms with Crippen LogP contribution in [0.2, 0.25) is 0 Å². The first kappa shape index (κ1) is 29.8. The van der Waals surface area contributed by atoms with Crippen molar-refractivity contribution in [2.24, 2.45) is 0 Å². The smallest absolute Gasteiger partial charge is 0.0973 e. The van der Waals surface area contributed by atoms with Gasteiger partial charge in [-0.1, -0.05) is 121 Å². The van der Waals surface area contributed by atoms with E-state index in [2.05, 4.69) is 167 Å². The van der Waals surface area contributed by atoms with E-state index in [1.807, 2.05) is 24.3 Å². The molecule has 0 aliphatic carbocycles. The number of rotatable bonds is 3. The van der Waals surface area contributed by atoms with Crippen LogP contribution < -0.4 is 0 Å². The Bertz CT molecular complexity index is 3760. The molecule has 0 radical (unpaired) electrons. The van der Waals surface area contributed by atoms with E-state index in [1.54, 1.807) is 0 Å². The molecule has 0 unspecified atom stereocenters. The molecule has 0 atom stereocenters. The van der Waals surface area contributed by atoms with Crippen LogP contribution in [-0.4, -0.2) is 18.9 Å². The van der Waals surface area contributed by atoms with Gasteiger partial charge in [-0.05, 0) is 82.2 Å². The molecule has 258 valence electrons. The maximum Gasteiger partial charge on any atom is 0.0973 e. The van der Waals surface area contributed by atoms with E-state index in [-0.39, 0.29) is 0 Å². The van der Waals surface area contributed by atoms with Gasteiger partial charge in [0, 0.05) is 49.1 Å². The lowest BCUT2D eigenvalue weighted by Crippen LogP contribution is -1.97. The van der Waals surface area contributed by atoms with Gasteiger partial charge in [0.05, 0.1) is 50.0 Å². The summed E-state index contributed by atoms with van der Waals surface area (Å²) in [5.74, 6) is 0. The molecule has 4 heterocycles. The van der Waals surface area contributed by atoms with Gasteiger partial charge in [-0.2, -0.15) is 0 Å². The Hall–Kier alpha value is -7.56. The average Bonchev–Trinajstić information content (AvgIpc) is 3.90. The Balaban J connectivity index is 1.07. The standard InChI is InChI=1S/C52H30N4/c1-2-11-33-28-36(21-20-31(33)10-1)51-50(53-42-17-6-7-18-43(42)54-51)32-22-24-37(25-23-32)55-45-26-27-46-48(49(45)41-29-34-12-3-4-13-35(34)30-47(41)55)40-16-9-15-39-38-14-5-8-19-44(38)56(46)52(39)40/h1-30H. The van der Waals surface area contributed by atoms with Crippen molar-refractivity contribution >= 4 is 92.5 Å². The van der Waals surface area contributed by atoms with Crippen LogP contribution >= 0.6 is 0 Å². The van der Waals surface area contributed by atoms with Gasteiger partial charge in [-0.25, -0.2) is 9.97 Å². The zero-order valence-corrected chi connectivity index (χ0v) is 30.1. The predicted molar refractivity (Wildman–Crippen MR) is 234 cm³/mol. The third-order valence-corrected chi connectivity index (χ3v) is 12.0. The van der Waals surface area contributed by atoms with Gasteiger partial charge in [0.1, 0.15) is 0 Å². The van der Waals surface area contributed by atoms with Gasteiger partial charge in [0.25, 0.3) is 0 Å². The minimum atomic E-state index is 0.874. The van der Waals surface area contributed by atoms with Crippen LogP contribution in [0, 0.1) is 0 Å². The predicted octanol–water partition coefficient (Wildman–Crippen LogP) is 13.5. The molecule has 56 heavy (non-hydrogen) atoms. The highest BCUT2D eigenvalue weighted by Crippen LogP contribution is 2.46. The van der Waals surface area contributed by atoms with E-state index in [4.69, 9.17) is 9.97 Å². The lowest BCUT2D eigenvalue weighted by molar-refractivity contribution is 1.18. The molecule has 0 spiro atoms. The number of nitrogens with zero attached hydrogens (tertiary/aromatic N) is 4. The second-order valence-electron chi connectivity index (χ2n) is 15.0. The topological polar surface area (TPSA) is 35.1 Å². The van der Waals surface area contributed by atoms with Crippen molar-refractivity contribution in [2.75, 3.05) is 0 Å². The summed E-state index contributed by atoms with van der Waals surface area (Å²) >= 11 is 0. The van der Waals surface area contributed by atoms with Crippen molar-refractivity contribution in [3.63, 3.8) is 0 Å². The summed E-state index contributed by atoms with van der Waals surface area (Å²) in [5.41, 5.74) is 12.9. The Morgan fingerprint density at radius 3 is 1.73 bits per heavy atom. The minimum Gasteiger partial charge on any atom is -0.309 e. The maximum absolute atomic E-state index is 5.25. The Kier molecular flexibility index (Phi) is 5.86. The molecule has 4 nitrogen and oxygen atoms in total. The first-order valence-electron chi connectivity index (χ1n) is 19.2. The summed E-state index contributed by atoms with van der Waals surface area (Å²) < 4.78 is 4.93. The van der Waals surface area contributed by atoms with Gasteiger partial charge in [0.2, 0.25) is 0 Å². The zero-order valence-electron chi connectivity index (χ0n) is 30.1. The van der Waals surface area contributed by atoms with Crippen LogP contribution in [-0.2, 0) is 0 Å². The lowest BCUT2D eigenvalue weighted by atomic mass is 10.0. The second kappa shape index (κ2) is 11.0. The summed E-state index contributed by atoms with van der Waals surface area (Å²) in [7, 11) is 0. The number of para-hydroxylation sites is 4. The van der Waals surface area contributed by atoms with E-state index in [0.29, 0.717) is 0 Å². The van der Waals surface area contributed by atoms with Crippen molar-refractivity contribution in [3.05, 3.63) is 182 Å². The monoisotopic (exact) mass is 710 g/mol. The van der Waals surface area contributed by atoms with Crippen LogP contribution in [0.25, 0.3) is 121 Å². The Morgan fingerprint density at radius 1 is 0.339 bits per heavy atom. The number of benzene rings is 9. The molecular formula is C52H30N4. The fourth-order valence-corrected chi connectivity index (χ4v) is 9.50. The first-order valence-corrected chi connectivity index (χ1v) is 19.2. The Labute approximate surface area is 320 Å². The summed E-state index contributed by atoms with van der Waals surface area (Å²) in [4.78, 5) is 10.5. The van der Waals surface area contributed by atoms with Crippen LogP contribution in [0.4, 0.5) is 0 Å². The van der Waals surface area contributed by atoms with Gasteiger partial charge in [0.15, 0.2) is 0 Å². The molecule has 0 aliphatic heterocycles. The van der Waals surface area contributed by atoms with Crippen LogP contribution in [0.1, 0.15) is 0 Å². The molecule has 0 bridgehead atoms. The Morgan fingerprint density at radius 2 is 0.929 bits per heavy atom. The van der Waals surface area contributed by atoms with Crippen LogP contribution in [0.5, 0.6) is 0 Å². The van der Waals surface area contributed by atoms with E-state index in [1.165, 1.54) is 81.4 Å². The van der Waals surface area contributed by atoms with Crippen molar-refractivity contribution < 1.29 is 0 Å². The fourth-order valence-electron chi connectivity index (χ4n) is 9.50. The molecule has 13 rings (SSSR count). The zero-order chi connectivity index (χ0) is 36.5. The molecule has 0 fully saturated rings. The first-order chi connectivity index (χ1) is 27.8. The second-order valence-corrected chi connectivity index (χ2v) is 15.0. The lowest BCUT2D eigenvalue weighted by Gasteiger charge is -2.13. The molecular weight excluding hydrogens is 681 g/mol. The summed E-state index contributed by atoms with van der Waals surface area (Å²) in [6.07, 6.45) is 0. The third kappa shape index (κ3) is 4.02. The molecule has 13 aromatic rings. The summed E-state index contributed by atoms with van der Waals surface area (Å²) in [5, 5.41) is 12.6. The van der Waals surface area contributed by atoms with Gasteiger partial charge < -0.3 is 8.97 Å². The van der Waals surface area contributed by atoms with Gasteiger partial charge in [-0.15, -0.1) is 0 Å². The molecule has 9 aromatic carbocycles. The highest BCUT2D eigenvalue weighted by atomic mass is 15.0. The third-order valence-electron chi connectivity index (χ3n) is 12.0. The molecule has 0 amide bonds. The number of fused-ring (bicyclic) bond motifs is 13. The SMILES string of the molecule is c1ccc2cc(-c3nc4ccccc4nc3-c3ccc(-n4c5cc6ccccc6cc5c5c6c7cccc8c9ccccc9n(c6ccc54)c87)cc3)ccc2c1. The van der Waals surface area contributed by atoms with E-state index < -0.39 is 0 Å². The molecule has 4 aromatic heterocycles. The molecule has 0 N–H and O–H groups in total. The number of aromatic nitrogens is 4. The summed E-state index contributed by atoms with van der Waals surface area (Å²) in [6, 6.07) is 65.8. The van der Waals surface area contributed by atoms with Crippen molar-refractivity contribution in [1.82, 2.24) is 18.9 Å². The molecule has 4 heteroatoms. The highest BCUT2D eigenvalue weighted by molar-refractivity contribution is 6.33. The molecule has 0 aliphatic rings. The van der Waals surface area contributed by atoms with Gasteiger partial charge >= 0.3 is 0 Å². The quantitative estimate of drug-likeness (QED) is 0.183. The average molecular weight is 711 g/mol. The molecule has 0 saturated carbocycles. The molecule has 0 saturated heterocycles. The number of hydrogen-bond donors (Lipinski definition) is 0. The van der Waals surface area contributed by atoms with Gasteiger partial charge in [-0.3, -0.25) is 0 Å². The van der Waals surface area contributed by atoms with Crippen LogP contribution in [0.3, 0.4) is 0 Å². The maximum atomic E-state index is 5.25. The van der Waals surface area contributed by atoms with Crippen LogP contribution in [0.15, 0.2) is 182 Å². The van der Waals surface area contributed by atoms with E-state index in [0.717, 1.165) is 39.2 Å². The van der Waals surface area contributed by atoms with Crippen molar-refractivity contribution in [1.29, 1.82) is 0 Å². The van der Waals surface area contributed by atoms with E-state index >= 15 is 0 Å².